The average molecular weight is 231 g/mol. The molecule has 0 spiro atoms. The predicted molar refractivity (Wildman–Crippen MR) is 59.9 cm³/mol. The number of hydrogen-bond acceptors (Lipinski definition) is 3. The second kappa shape index (κ2) is 4.93. The number of carbonyl (C=O) groups is 1. The fourth-order valence-corrected chi connectivity index (χ4v) is 1.19. The van der Waals surface area contributed by atoms with Crippen molar-refractivity contribution in [3.8, 4) is 0 Å². The molecule has 2 rings (SSSR count). The summed E-state index contributed by atoms with van der Waals surface area (Å²) >= 11 is 0. The van der Waals surface area contributed by atoms with Crippen LogP contribution in [0.15, 0.2) is 52.3 Å². The highest BCUT2D eigenvalue weighted by molar-refractivity contribution is 5.96. The van der Waals surface area contributed by atoms with E-state index in [9.17, 15) is 4.79 Å². The summed E-state index contributed by atoms with van der Waals surface area (Å²) in [6.07, 6.45) is 3.12. The lowest BCUT2D eigenvalue weighted by Crippen LogP contribution is -2.28. The number of furan rings is 1. The minimum atomic E-state index is -0.450. The Labute approximate surface area is 97.1 Å². The van der Waals surface area contributed by atoms with Gasteiger partial charge in [0.15, 0.2) is 12.0 Å². The summed E-state index contributed by atoms with van der Waals surface area (Å²) in [7, 11) is 0. The summed E-state index contributed by atoms with van der Waals surface area (Å²) in [6, 6.07) is 8.53. The summed E-state index contributed by atoms with van der Waals surface area (Å²) in [5.74, 6) is -0.0852. The maximum Gasteiger partial charge on any atom is 0.307 e. The minimum absolute atomic E-state index is 0.179. The molecule has 6 nitrogen and oxygen atoms in total. The van der Waals surface area contributed by atoms with Crippen molar-refractivity contribution in [1.29, 1.82) is 0 Å². The van der Waals surface area contributed by atoms with Crippen LogP contribution in [0.25, 0.3) is 0 Å². The molecule has 0 saturated heterocycles. The van der Waals surface area contributed by atoms with E-state index in [4.69, 9.17) is 10.2 Å². The number of pyridine rings is 1. The summed E-state index contributed by atoms with van der Waals surface area (Å²) < 4.78 is 4.90. The second-order valence-electron chi connectivity index (χ2n) is 3.19. The van der Waals surface area contributed by atoms with Crippen molar-refractivity contribution in [3.05, 3.63) is 54.2 Å². The van der Waals surface area contributed by atoms with Crippen LogP contribution in [-0.4, -0.2) is 11.7 Å². The Balaban J connectivity index is 2.04. The van der Waals surface area contributed by atoms with Crippen LogP contribution in [0, 0.1) is 0 Å². The van der Waals surface area contributed by atoms with E-state index in [1.54, 1.807) is 18.3 Å². The number of aromatic nitrogens is 1. The molecular formula is C11H11N4O2+. The van der Waals surface area contributed by atoms with E-state index in [0.29, 0.717) is 5.69 Å². The maximum atomic E-state index is 11.5. The van der Waals surface area contributed by atoms with Gasteiger partial charge in [0.2, 0.25) is 11.5 Å². The molecule has 2 heterocycles. The van der Waals surface area contributed by atoms with Gasteiger partial charge in [0.05, 0.1) is 6.26 Å². The van der Waals surface area contributed by atoms with Crippen molar-refractivity contribution in [1.82, 2.24) is 5.43 Å². The number of hydrazone groups is 1. The molecule has 0 aliphatic carbocycles. The molecule has 0 aromatic carbocycles. The topological polar surface area (TPSA) is 94.8 Å². The first-order chi connectivity index (χ1) is 8.27. The van der Waals surface area contributed by atoms with Crippen LogP contribution in [0.3, 0.4) is 0 Å². The third-order valence-electron chi connectivity index (χ3n) is 2.01. The molecule has 0 bridgehead atoms. The Hall–Kier alpha value is -2.63. The zero-order valence-corrected chi connectivity index (χ0v) is 8.88. The Morgan fingerprint density at radius 2 is 2.24 bits per heavy atom. The highest BCUT2D eigenvalue weighted by Gasteiger charge is 2.09. The first-order valence-corrected chi connectivity index (χ1v) is 4.91. The molecular weight excluding hydrogens is 220 g/mol. The lowest BCUT2D eigenvalue weighted by atomic mass is 10.3. The summed E-state index contributed by atoms with van der Waals surface area (Å²) in [6.45, 7) is 0. The Bertz CT molecular complexity index is 520. The number of H-pyrrole nitrogens is 1. The molecule has 1 amide bonds. The molecule has 2 aromatic rings. The van der Waals surface area contributed by atoms with E-state index in [2.05, 4.69) is 15.5 Å². The second-order valence-corrected chi connectivity index (χ2v) is 3.19. The zero-order chi connectivity index (χ0) is 12.1. The van der Waals surface area contributed by atoms with Crippen LogP contribution in [0.1, 0.15) is 16.2 Å². The first kappa shape index (κ1) is 10.9. The maximum absolute atomic E-state index is 11.5. The molecule has 0 aliphatic rings. The SMILES string of the molecule is NC(=NNC(=O)c1ccco1)c1cccc[nH+]1. The van der Waals surface area contributed by atoms with Crippen LogP contribution in [-0.2, 0) is 0 Å². The number of nitrogens with one attached hydrogen (secondary N) is 2. The molecule has 2 aromatic heterocycles. The standard InChI is InChI=1S/C11H10N4O2/c12-10(8-4-1-2-6-13-8)14-15-11(16)9-5-3-7-17-9/h1-7H,(H2,12,14)(H,15,16)/p+1. The monoisotopic (exact) mass is 231 g/mol. The third-order valence-corrected chi connectivity index (χ3v) is 2.01. The van der Waals surface area contributed by atoms with E-state index >= 15 is 0 Å². The summed E-state index contributed by atoms with van der Waals surface area (Å²) in [5.41, 5.74) is 8.58. The first-order valence-electron chi connectivity index (χ1n) is 4.91. The van der Waals surface area contributed by atoms with Gasteiger partial charge in [-0.25, -0.2) is 10.4 Å². The number of carbonyl (C=O) groups excluding carboxylic acids is 1. The van der Waals surface area contributed by atoms with Crippen LogP contribution < -0.4 is 16.1 Å². The number of hydrogen-bond donors (Lipinski definition) is 2. The number of amidine groups is 1. The number of nitrogens with zero attached hydrogens (tertiary/aromatic N) is 1. The van der Waals surface area contributed by atoms with Gasteiger partial charge in [-0.15, -0.1) is 5.10 Å². The van der Waals surface area contributed by atoms with Crippen molar-refractivity contribution >= 4 is 11.7 Å². The van der Waals surface area contributed by atoms with E-state index in [-0.39, 0.29) is 11.6 Å². The normalized spacial score (nSPS) is 11.2. The van der Waals surface area contributed by atoms with Crippen LogP contribution in [0.5, 0.6) is 0 Å². The fraction of sp³-hybridized carbons (Fsp3) is 0. The predicted octanol–water partition coefficient (Wildman–Crippen LogP) is 0.144. The van der Waals surface area contributed by atoms with Crippen molar-refractivity contribution in [2.45, 2.75) is 0 Å². The van der Waals surface area contributed by atoms with Gasteiger partial charge in [-0.3, -0.25) is 4.79 Å². The summed E-state index contributed by atoms with van der Waals surface area (Å²) in [5, 5.41) is 3.75. The van der Waals surface area contributed by atoms with Gasteiger partial charge in [-0.1, -0.05) is 0 Å². The third kappa shape index (κ3) is 2.69. The fourth-order valence-electron chi connectivity index (χ4n) is 1.19. The van der Waals surface area contributed by atoms with Gasteiger partial charge in [0.25, 0.3) is 0 Å². The van der Waals surface area contributed by atoms with E-state index in [1.165, 1.54) is 12.3 Å². The molecule has 0 aliphatic heterocycles. The number of amides is 1. The van der Waals surface area contributed by atoms with Gasteiger partial charge in [0, 0.05) is 12.1 Å². The van der Waals surface area contributed by atoms with Crippen molar-refractivity contribution in [3.63, 3.8) is 0 Å². The van der Waals surface area contributed by atoms with E-state index in [0.717, 1.165) is 0 Å². The Morgan fingerprint density at radius 3 is 2.88 bits per heavy atom. The zero-order valence-electron chi connectivity index (χ0n) is 8.88. The molecule has 0 fully saturated rings. The van der Waals surface area contributed by atoms with Crippen molar-refractivity contribution in [2.75, 3.05) is 0 Å². The summed E-state index contributed by atoms with van der Waals surface area (Å²) in [4.78, 5) is 14.4. The van der Waals surface area contributed by atoms with Crippen molar-refractivity contribution < 1.29 is 14.2 Å². The lowest BCUT2D eigenvalue weighted by Gasteiger charge is -1.96. The Morgan fingerprint density at radius 1 is 1.35 bits per heavy atom. The molecule has 0 atom stereocenters. The van der Waals surface area contributed by atoms with Crippen molar-refractivity contribution in [2.24, 2.45) is 10.8 Å². The van der Waals surface area contributed by atoms with Gasteiger partial charge in [-0.2, -0.15) is 0 Å². The van der Waals surface area contributed by atoms with E-state index < -0.39 is 5.91 Å². The van der Waals surface area contributed by atoms with Gasteiger partial charge in [0.1, 0.15) is 0 Å². The highest BCUT2D eigenvalue weighted by Crippen LogP contribution is 1.98. The van der Waals surface area contributed by atoms with Crippen LogP contribution >= 0.6 is 0 Å². The molecule has 0 saturated carbocycles. The number of nitrogens with two attached hydrogens (primary N) is 1. The number of rotatable bonds is 3. The largest absolute Gasteiger partial charge is 0.459 e. The molecule has 0 radical (unpaired) electrons. The van der Waals surface area contributed by atoms with Gasteiger partial charge in [-0.05, 0) is 18.2 Å². The van der Waals surface area contributed by atoms with E-state index in [1.807, 2.05) is 12.1 Å². The lowest BCUT2D eigenvalue weighted by molar-refractivity contribution is -0.380. The number of aromatic amines is 1. The molecule has 4 N–H and O–H groups in total. The molecule has 17 heavy (non-hydrogen) atoms. The van der Waals surface area contributed by atoms with Gasteiger partial charge >= 0.3 is 5.91 Å². The van der Waals surface area contributed by atoms with Crippen LogP contribution in [0.2, 0.25) is 0 Å². The highest BCUT2D eigenvalue weighted by atomic mass is 16.3. The Kier molecular flexibility index (Phi) is 3.15. The molecule has 0 unspecified atom stereocenters. The quantitative estimate of drug-likeness (QED) is 0.447. The smallest absolute Gasteiger partial charge is 0.307 e. The van der Waals surface area contributed by atoms with Gasteiger partial charge < -0.3 is 10.2 Å². The average Bonchev–Trinajstić information content (AvgIpc) is 2.90. The minimum Gasteiger partial charge on any atom is -0.459 e. The van der Waals surface area contributed by atoms with Crippen LogP contribution in [0.4, 0.5) is 0 Å². The molecule has 86 valence electrons. The molecule has 6 heteroatoms.